The van der Waals surface area contributed by atoms with Crippen molar-refractivity contribution in [1.82, 2.24) is 0 Å². The van der Waals surface area contributed by atoms with Gasteiger partial charge in [-0.1, -0.05) is 18.2 Å². The van der Waals surface area contributed by atoms with Gasteiger partial charge in [0.15, 0.2) is 0 Å². The highest BCUT2D eigenvalue weighted by molar-refractivity contribution is 7.99. The molecule has 0 aromatic heterocycles. The van der Waals surface area contributed by atoms with Crippen LogP contribution in [-0.2, 0) is 30.4 Å². The van der Waals surface area contributed by atoms with Crippen LogP contribution in [0.1, 0.15) is 6.42 Å². The van der Waals surface area contributed by atoms with Gasteiger partial charge >= 0.3 is 11.5 Å². The van der Waals surface area contributed by atoms with E-state index in [0.29, 0.717) is 6.07 Å². The first-order chi connectivity index (χ1) is 14.5. The number of esters is 1. The molecule has 0 heterocycles. The lowest BCUT2D eigenvalue weighted by Gasteiger charge is -2.21. The SMILES string of the molecule is COC(=O)CC(CSc1ccccc1)Nc1ccc(S(N)=O)cc1S(=O)(=O)C(F)(F)F. The van der Waals surface area contributed by atoms with Gasteiger partial charge in [0.2, 0.25) is 0 Å². The van der Waals surface area contributed by atoms with Gasteiger partial charge < -0.3 is 10.1 Å². The summed E-state index contributed by atoms with van der Waals surface area (Å²) >= 11 is 1.32. The lowest BCUT2D eigenvalue weighted by atomic mass is 10.2. The molecule has 170 valence electrons. The van der Waals surface area contributed by atoms with Crippen molar-refractivity contribution < 1.29 is 35.3 Å². The summed E-state index contributed by atoms with van der Waals surface area (Å²) in [5, 5.41) is 7.88. The molecule has 0 fully saturated rings. The van der Waals surface area contributed by atoms with Crippen LogP contribution in [0.15, 0.2) is 63.2 Å². The number of methoxy groups -OCH3 is 1. The van der Waals surface area contributed by atoms with E-state index in [1.807, 2.05) is 18.2 Å². The second-order valence-corrected chi connectivity index (χ2v) is 10.2. The summed E-state index contributed by atoms with van der Waals surface area (Å²) in [6.07, 6.45) is -0.230. The molecule has 0 saturated carbocycles. The molecule has 0 bridgehead atoms. The maximum Gasteiger partial charge on any atom is 0.501 e. The van der Waals surface area contributed by atoms with E-state index < -0.39 is 48.9 Å². The summed E-state index contributed by atoms with van der Waals surface area (Å²) in [6, 6.07) is 11.1. The van der Waals surface area contributed by atoms with Crippen LogP contribution < -0.4 is 10.5 Å². The Balaban J connectivity index is 2.42. The molecule has 0 aliphatic carbocycles. The van der Waals surface area contributed by atoms with Crippen LogP contribution in [0.4, 0.5) is 18.9 Å². The Labute approximate surface area is 184 Å². The molecule has 13 heteroatoms. The van der Waals surface area contributed by atoms with Crippen molar-refractivity contribution in [3.05, 3.63) is 48.5 Å². The number of thioether (sulfide) groups is 1. The first-order valence-corrected chi connectivity index (χ1v) is 12.3. The fourth-order valence-corrected chi connectivity index (χ4v) is 4.87. The highest BCUT2D eigenvalue weighted by Gasteiger charge is 2.48. The number of hydrogen-bond donors (Lipinski definition) is 2. The largest absolute Gasteiger partial charge is 0.501 e. The standard InChI is InChI=1S/C18H19F3N2O5S3/c1-28-17(24)9-12(11-29-13-5-3-2-4-6-13)23-15-8-7-14(30(22)25)10-16(15)31(26,27)18(19,20)21/h2-8,10,12,23H,9,11,22H2,1H3. The number of benzene rings is 2. The monoisotopic (exact) mass is 496 g/mol. The van der Waals surface area contributed by atoms with Crippen LogP contribution in [-0.4, -0.2) is 43.0 Å². The van der Waals surface area contributed by atoms with E-state index >= 15 is 0 Å². The Morgan fingerprint density at radius 3 is 2.42 bits per heavy atom. The maximum atomic E-state index is 13.2. The minimum absolute atomic E-state index is 0.217. The van der Waals surface area contributed by atoms with Crippen LogP contribution in [0, 0.1) is 0 Å². The number of hydrogen-bond acceptors (Lipinski definition) is 7. The predicted molar refractivity (Wildman–Crippen MR) is 111 cm³/mol. The van der Waals surface area contributed by atoms with E-state index in [1.54, 1.807) is 12.1 Å². The van der Waals surface area contributed by atoms with Crippen LogP contribution in [0.3, 0.4) is 0 Å². The van der Waals surface area contributed by atoms with Crippen LogP contribution in [0.2, 0.25) is 0 Å². The number of halogens is 3. The summed E-state index contributed by atoms with van der Waals surface area (Å²) < 4.78 is 79.9. The minimum Gasteiger partial charge on any atom is -0.469 e. The average Bonchev–Trinajstić information content (AvgIpc) is 2.71. The topological polar surface area (TPSA) is 116 Å². The van der Waals surface area contributed by atoms with Gasteiger partial charge in [0.05, 0.1) is 24.1 Å². The molecule has 2 aromatic rings. The van der Waals surface area contributed by atoms with Gasteiger partial charge in [-0.2, -0.15) is 13.2 Å². The number of nitrogens with one attached hydrogen (secondary N) is 1. The van der Waals surface area contributed by atoms with E-state index in [2.05, 4.69) is 10.1 Å². The third-order valence-electron chi connectivity index (χ3n) is 3.97. The van der Waals surface area contributed by atoms with Gasteiger partial charge in [-0.25, -0.2) is 17.8 Å². The van der Waals surface area contributed by atoms with Gasteiger partial charge in [0.1, 0.15) is 15.9 Å². The van der Waals surface area contributed by atoms with Crippen LogP contribution >= 0.6 is 11.8 Å². The highest BCUT2D eigenvalue weighted by Crippen LogP contribution is 2.36. The number of anilines is 1. The number of ether oxygens (including phenoxy) is 1. The Morgan fingerprint density at radius 1 is 1.23 bits per heavy atom. The number of nitrogens with two attached hydrogens (primary N) is 1. The van der Waals surface area contributed by atoms with Crippen molar-refractivity contribution in [2.45, 2.75) is 32.7 Å². The molecule has 7 nitrogen and oxygen atoms in total. The molecule has 31 heavy (non-hydrogen) atoms. The molecule has 2 unspecified atom stereocenters. The van der Waals surface area contributed by atoms with Crippen LogP contribution in [0.25, 0.3) is 0 Å². The maximum absolute atomic E-state index is 13.2. The smallest absolute Gasteiger partial charge is 0.469 e. The molecule has 0 saturated heterocycles. The Hall–Kier alpha value is -2.09. The normalized spacial score (nSPS) is 14.0. The molecular weight excluding hydrogens is 477 g/mol. The first kappa shape index (κ1) is 25.2. The number of carbonyl (C=O) groups is 1. The van der Waals surface area contributed by atoms with Crippen molar-refractivity contribution in [1.29, 1.82) is 0 Å². The summed E-state index contributed by atoms with van der Waals surface area (Å²) in [5.74, 6) is -0.416. The minimum atomic E-state index is -5.79. The summed E-state index contributed by atoms with van der Waals surface area (Å²) in [7, 11) is -6.82. The first-order valence-electron chi connectivity index (χ1n) is 8.58. The number of rotatable bonds is 9. The quantitative estimate of drug-likeness (QED) is 0.405. The third kappa shape index (κ3) is 6.69. The van der Waals surface area contributed by atoms with Gasteiger partial charge in [0, 0.05) is 16.7 Å². The molecule has 3 N–H and O–H groups in total. The molecule has 2 atom stereocenters. The summed E-state index contributed by atoms with van der Waals surface area (Å²) in [5.41, 5.74) is -5.98. The Bertz CT molecular complexity index is 1050. The highest BCUT2D eigenvalue weighted by atomic mass is 32.2. The number of alkyl halides is 3. The molecule has 0 spiro atoms. The van der Waals surface area contributed by atoms with Crippen molar-refractivity contribution in [3.8, 4) is 0 Å². The van der Waals surface area contributed by atoms with E-state index in [-0.39, 0.29) is 17.1 Å². The molecule has 2 aromatic carbocycles. The second kappa shape index (κ2) is 10.5. The van der Waals surface area contributed by atoms with Gasteiger partial charge in [-0.15, -0.1) is 11.8 Å². The predicted octanol–water partition coefficient (Wildman–Crippen LogP) is 3.10. The molecular formula is C18H19F3N2O5S3. The fourth-order valence-electron chi connectivity index (χ4n) is 2.46. The molecule has 2 rings (SSSR count). The number of carbonyl (C=O) groups excluding carboxylic acids is 1. The van der Waals surface area contributed by atoms with Crippen molar-refractivity contribution in [2.75, 3.05) is 18.2 Å². The Morgan fingerprint density at radius 2 is 1.87 bits per heavy atom. The van der Waals surface area contributed by atoms with Gasteiger partial charge in [-0.3, -0.25) is 4.79 Å². The molecule has 0 aliphatic rings. The lowest BCUT2D eigenvalue weighted by Crippen LogP contribution is -2.29. The summed E-state index contributed by atoms with van der Waals surface area (Å²) in [6.45, 7) is 0. The van der Waals surface area contributed by atoms with Crippen molar-refractivity contribution in [2.24, 2.45) is 5.14 Å². The fraction of sp³-hybridized carbons (Fsp3) is 0.278. The molecule has 0 aliphatic heterocycles. The van der Waals surface area contributed by atoms with Crippen molar-refractivity contribution >= 4 is 44.2 Å². The molecule has 0 amide bonds. The zero-order valence-corrected chi connectivity index (χ0v) is 18.5. The second-order valence-electron chi connectivity index (χ2n) is 6.15. The third-order valence-corrected chi connectivity index (χ3v) is 7.39. The van der Waals surface area contributed by atoms with E-state index in [0.717, 1.165) is 24.1 Å². The van der Waals surface area contributed by atoms with Gasteiger partial charge in [-0.05, 0) is 30.3 Å². The van der Waals surface area contributed by atoms with Crippen LogP contribution in [0.5, 0.6) is 0 Å². The van der Waals surface area contributed by atoms with Gasteiger partial charge in [0.25, 0.3) is 9.84 Å². The van der Waals surface area contributed by atoms with Crippen molar-refractivity contribution in [3.63, 3.8) is 0 Å². The van der Waals surface area contributed by atoms with E-state index in [4.69, 9.17) is 5.14 Å². The summed E-state index contributed by atoms with van der Waals surface area (Å²) in [4.78, 5) is 11.2. The lowest BCUT2D eigenvalue weighted by molar-refractivity contribution is -0.140. The van der Waals surface area contributed by atoms with E-state index in [9.17, 15) is 30.6 Å². The zero-order chi connectivity index (χ0) is 23.2. The number of sulfone groups is 1. The molecule has 0 radical (unpaired) electrons. The average molecular weight is 497 g/mol. The zero-order valence-electron chi connectivity index (χ0n) is 16.1. The Kier molecular flexibility index (Phi) is 8.51. The van der Waals surface area contributed by atoms with E-state index in [1.165, 1.54) is 11.8 Å².